The molecule has 1 aromatic carbocycles. The highest BCUT2D eigenvalue weighted by Gasteiger charge is 2.27. The van der Waals surface area contributed by atoms with E-state index in [0.29, 0.717) is 18.7 Å². The van der Waals surface area contributed by atoms with Crippen molar-refractivity contribution in [2.45, 2.75) is 19.4 Å². The third kappa shape index (κ3) is 2.56. The fourth-order valence-corrected chi connectivity index (χ4v) is 2.25. The summed E-state index contributed by atoms with van der Waals surface area (Å²) in [5.41, 5.74) is 6.21. The second-order valence-electron chi connectivity index (χ2n) is 4.92. The molecule has 5 nitrogen and oxygen atoms in total. The van der Waals surface area contributed by atoms with Gasteiger partial charge in [-0.25, -0.2) is 0 Å². The fraction of sp³-hybridized carbons (Fsp3) is 0.462. The topological polar surface area (TPSA) is 86.8 Å². The molecule has 1 heterocycles. The van der Waals surface area contributed by atoms with Gasteiger partial charge in [0.2, 0.25) is 0 Å². The van der Waals surface area contributed by atoms with Crippen LogP contribution in [0.5, 0.6) is 11.5 Å². The van der Waals surface area contributed by atoms with Crippen LogP contribution in [0.1, 0.15) is 23.7 Å². The van der Waals surface area contributed by atoms with E-state index in [1.54, 1.807) is 4.90 Å². The van der Waals surface area contributed by atoms with Crippen LogP contribution in [0, 0.1) is 5.92 Å². The van der Waals surface area contributed by atoms with Crippen molar-refractivity contribution >= 4 is 5.91 Å². The molecule has 1 saturated heterocycles. The molecule has 0 aliphatic carbocycles. The number of phenolic OH excluding ortho intramolecular Hbond substituents is 2. The first kappa shape index (κ1) is 12.7. The summed E-state index contributed by atoms with van der Waals surface area (Å²) < 4.78 is 0. The number of carbonyl (C=O) groups is 1. The number of benzene rings is 1. The van der Waals surface area contributed by atoms with E-state index in [1.165, 1.54) is 18.2 Å². The maximum absolute atomic E-state index is 12.2. The van der Waals surface area contributed by atoms with Gasteiger partial charge in [0.1, 0.15) is 11.5 Å². The fourth-order valence-electron chi connectivity index (χ4n) is 2.25. The molecule has 18 heavy (non-hydrogen) atoms. The largest absolute Gasteiger partial charge is 0.508 e. The normalized spacial score (nSPS) is 24.0. The van der Waals surface area contributed by atoms with E-state index in [9.17, 15) is 15.0 Å². The molecule has 0 aromatic heterocycles. The zero-order valence-electron chi connectivity index (χ0n) is 10.3. The predicted molar refractivity (Wildman–Crippen MR) is 67.4 cm³/mol. The molecular formula is C13H18N2O3. The number of aromatic hydroxyl groups is 2. The van der Waals surface area contributed by atoms with Gasteiger partial charge >= 0.3 is 0 Å². The molecule has 0 spiro atoms. The number of phenols is 2. The Labute approximate surface area is 106 Å². The molecule has 1 aliphatic heterocycles. The summed E-state index contributed by atoms with van der Waals surface area (Å²) in [5, 5.41) is 18.8. The molecule has 4 N–H and O–H groups in total. The van der Waals surface area contributed by atoms with E-state index < -0.39 is 0 Å². The van der Waals surface area contributed by atoms with Crippen LogP contribution in [0.3, 0.4) is 0 Å². The minimum atomic E-state index is -0.181. The van der Waals surface area contributed by atoms with Crippen molar-refractivity contribution in [3.63, 3.8) is 0 Å². The molecule has 98 valence electrons. The van der Waals surface area contributed by atoms with Gasteiger partial charge in [-0.15, -0.1) is 0 Å². The quantitative estimate of drug-likeness (QED) is 0.691. The molecule has 1 aromatic rings. The van der Waals surface area contributed by atoms with Crippen LogP contribution >= 0.6 is 0 Å². The molecule has 1 amide bonds. The Kier molecular flexibility index (Phi) is 3.43. The Hall–Kier alpha value is -1.75. The lowest BCUT2D eigenvalue weighted by atomic mass is 9.94. The number of nitrogens with two attached hydrogens (primary N) is 1. The van der Waals surface area contributed by atoms with Crippen molar-refractivity contribution in [3.05, 3.63) is 23.8 Å². The van der Waals surface area contributed by atoms with E-state index in [2.05, 4.69) is 0 Å². The minimum Gasteiger partial charge on any atom is -0.508 e. The Balaban J connectivity index is 2.16. The standard InChI is InChI=1S/C13H18N2O3/c1-8-7-15(3-2-12(8)14)13(18)9-4-10(16)6-11(17)5-9/h4-6,8,12,16-17H,2-3,7,14H2,1H3. The monoisotopic (exact) mass is 250 g/mol. The lowest BCUT2D eigenvalue weighted by Gasteiger charge is -2.35. The van der Waals surface area contributed by atoms with E-state index in [0.717, 1.165) is 6.42 Å². The molecule has 1 aliphatic rings. The summed E-state index contributed by atoms with van der Waals surface area (Å²) in [6, 6.07) is 4.06. The van der Waals surface area contributed by atoms with Gasteiger partial charge in [-0.05, 0) is 24.5 Å². The van der Waals surface area contributed by atoms with E-state index in [4.69, 9.17) is 5.73 Å². The number of carbonyl (C=O) groups excluding carboxylic acids is 1. The molecule has 2 atom stereocenters. The Bertz CT molecular complexity index is 441. The van der Waals surface area contributed by atoms with Gasteiger partial charge in [0, 0.05) is 30.8 Å². The summed E-state index contributed by atoms with van der Waals surface area (Å²) in [5.74, 6) is -0.145. The number of rotatable bonds is 1. The molecule has 5 heteroatoms. The van der Waals surface area contributed by atoms with Crippen LogP contribution < -0.4 is 5.73 Å². The Morgan fingerprint density at radius 1 is 1.33 bits per heavy atom. The van der Waals surface area contributed by atoms with E-state index in [1.807, 2.05) is 6.92 Å². The van der Waals surface area contributed by atoms with E-state index in [-0.39, 0.29) is 29.4 Å². The lowest BCUT2D eigenvalue weighted by Crippen LogP contribution is -2.48. The zero-order chi connectivity index (χ0) is 13.3. The number of hydrogen-bond donors (Lipinski definition) is 3. The summed E-state index contributed by atoms with van der Waals surface area (Å²) in [7, 11) is 0. The van der Waals surface area contributed by atoms with Gasteiger partial charge in [-0.3, -0.25) is 4.79 Å². The maximum atomic E-state index is 12.2. The molecule has 0 bridgehead atoms. The Morgan fingerprint density at radius 3 is 2.50 bits per heavy atom. The average molecular weight is 250 g/mol. The Morgan fingerprint density at radius 2 is 1.94 bits per heavy atom. The number of likely N-dealkylation sites (tertiary alicyclic amines) is 1. The summed E-state index contributed by atoms with van der Waals surface area (Å²) in [6.45, 7) is 3.24. The highest BCUT2D eigenvalue weighted by molar-refractivity contribution is 5.95. The van der Waals surface area contributed by atoms with Crippen LogP contribution in [0.4, 0.5) is 0 Å². The van der Waals surface area contributed by atoms with Gasteiger partial charge < -0.3 is 20.8 Å². The molecule has 2 unspecified atom stereocenters. The second kappa shape index (κ2) is 4.86. The highest BCUT2D eigenvalue weighted by Crippen LogP contribution is 2.23. The molecule has 0 radical (unpaired) electrons. The number of piperidine rings is 1. The summed E-state index contributed by atoms with van der Waals surface area (Å²) in [4.78, 5) is 13.9. The lowest BCUT2D eigenvalue weighted by molar-refractivity contribution is 0.0663. The predicted octanol–water partition coefficient (Wildman–Crippen LogP) is 0.907. The molecular weight excluding hydrogens is 232 g/mol. The van der Waals surface area contributed by atoms with Crippen molar-refractivity contribution in [1.82, 2.24) is 4.90 Å². The van der Waals surface area contributed by atoms with Crippen molar-refractivity contribution < 1.29 is 15.0 Å². The molecule has 1 fully saturated rings. The second-order valence-corrected chi connectivity index (χ2v) is 4.92. The summed E-state index contributed by atoms with van der Waals surface area (Å²) >= 11 is 0. The average Bonchev–Trinajstić information content (AvgIpc) is 2.30. The third-order valence-electron chi connectivity index (χ3n) is 3.41. The van der Waals surface area contributed by atoms with Crippen LogP contribution in [0.25, 0.3) is 0 Å². The number of amides is 1. The van der Waals surface area contributed by atoms with Crippen LogP contribution in [0.15, 0.2) is 18.2 Å². The minimum absolute atomic E-state index is 0.111. The van der Waals surface area contributed by atoms with Crippen molar-refractivity contribution in [1.29, 1.82) is 0 Å². The van der Waals surface area contributed by atoms with Gasteiger partial charge in [-0.1, -0.05) is 6.92 Å². The van der Waals surface area contributed by atoms with Crippen molar-refractivity contribution in [3.8, 4) is 11.5 Å². The smallest absolute Gasteiger partial charge is 0.254 e. The first-order valence-corrected chi connectivity index (χ1v) is 6.05. The molecule has 2 rings (SSSR count). The SMILES string of the molecule is CC1CN(C(=O)c2cc(O)cc(O)c2)CCC1N. The van der Waals surface area contributed by atoms with Gasteiger partial charge in [0.15, 0.2) is 0 Å². The van der Waals surface area contributed by atoms with Crippen LogP contribution in [-0.2, 0) is 0 Å². The summed E-state index contributed by atoms with van der Waals surface area (Å²) in [6.07, 6.45) is 0.776. The van der Waals surface area contributed by atoms with Crippen LogP contribution in [-0.4, -0.2) is 40.2 Å². The van der Waals surface area contributed by atoms with E-state index >= 15 is 0 Å². The number of hydrogen-bond acceptors (Lipinski definition) is 4. The van der Waals surface area contributed by atoms with Gasteiger partial charge in [0.05, 0.1) is 0 Å². The third-order valence-corrected chi connectivity index (χ3v) is 3.41. The molecule has 0 saturated carbocycles. The highest BCUT2D eigenvalue weighted by atomic mass is 16.3. The first-order valence-electron chi connectivity index (χ1n) is 6.05. The van der Waals surface area contributed by atoms with Gasteiger partial charge in [-0.2, -0.15) is 0 Å². The van der Waals surface area contributed by atoms with Crippen LogP contribution in [0.2, 0.25) is 0 Å². The maximum Gasteiger partial charge on any atom is 0.254 e. The number of nitrogens with zero attached hydrogens (tertiary/aromatic N) is 1. The van der Waals surface area contributed by atoms with Crippen molar-refractivity contribution in [2.24, 2.45) is 11.7 Å². The first-order chi connectivity index (χ1) is 8.47. The van der Waals surface area contributed by atoms with Gasteiger partial charge in [0.25, 0.3) is 5.91 Å². The van der Waals surface area contributed by atoms with Crippen molar-refractivity contribution in [2.75, 3.05) is 13.1 Å². The zero-order valence-corrected chi connectivity index (χ0v) is 10.3.